The van der Waals surface area contributed by atoms with E-state index >= 15 is 0 Å². The first-order chi connectivity index (χ1) is 7.00. The Hall–Kier alpha value is -0.830. The molecule has 2 unspecified atom stereocenters. The lowest BCUT2D eigenvalue weighted by molar-refractivity contribution is 0.0842. The monoisotopic (exact) mass is 210 g/mol. The molecule has 3 nitrogen and oxygen atoms in total. The van der Waals surface area contributed by atoms with Crippen LogP contribution in [0.3, 0.4) is 0 Å². The number of aromatic nitrogens is 2. The molecule has 1 heterocycles. The van der Waals surface area contributed by atoms with Gasteiger partial charge in [0.25, 0.3) is 0 Å². The van der Waals surface area contributed by atoms with E-state index in [1.807, 2.05) is 19.4 Å². The minimum absolute atomic E-state index is 0.204. The van der Waals surface area contributed by atoms with Gasteiger partial charge in [-0.05, 0) is 30.2 Å². The zero-order valence-electron chi connectivity index (χ0n) is 10.1. The van der Waals surface area contributed by atoms with Gasteiger partial charge < -0.3 is 5.11 Å². The molecule has 0 aromatic carbocycles. The molecular formula is C12H22N2O. The van der Waals surface area contributed by atoms with Crippen LogP contribution in [0.5, 0.6) is 0 Å². The first kappa shape index (κ1) is 12.2. The summed E-state index contributed by atoms with van der Waals surface area (Å²) in [6.07, 6.45) is 5.40. The molecule has 0 aliphatic rings. The molecule has 0 amide bonds. The summed E-state index contributed by atoms with van der Waals surface area (Å²) >= 11 is 0. The van der Waals surface area contributed by atoms with Gasteiger partial charge in [-0.3, -0.25) is 4.68 Å². The second-order valence-corrected chi connectivity index (χ2v) is 4.73. The van der Waals surface area contributed by atoms with Crippen molar-refractivity contribution in [1.82, 2.24) is 9.78 Å². The van der Waals surface area contributed by atoms with Crippen molar-refractivity contribution in [3.05, 3.63) is 18.0 Å². The van der Waals surface area contributed by atoms with E-state index in [0.29, 0.717) is 11.8 Å². The van der Waals surface area contributed by atoms with Crippen molar-refractivity contribution >= 4 is 0 Å². The second kappa shape index (κ2) is 5.31. The van der Waals surface area contributed by atoms with Gasteiger partial charge in [0.1, 0.15) is 0 Å². The number of hydrogen-bond donors (Lipinski definition) is 1. The van der Waals surface area contributed by atoms with Gasteiger partial charge in [-0.15, -0.1) is 0 Å². The lowest BCUT2D eigenvalue weighted by Gasteiger charge is -2.21. The Morgan fingerprint density at radius 1 is 1.40 bits per heavy atom. The summed E-state index contributed by atoms with van der Waals surface area (Å²) in [7, 11) is 1.91. The minimum Gasteiger partial charge on any atom is -0.393 e. The maximum Gasteiger partial charge on any atom is 0.0571 e. The molecule has 86 valence electrons. The molecule has 15 heavy (non-hydrogen) atoms. The zero-order chi connectivity index (χ0) is 11.4. The molecule has 0 fully saturated rings. The van der Waals surface area contributed by atoms with Crippen LogP contribution in [0.1, 0.15) is 32.8 Å². The van der Waals surface area contributed by atoms with Crippen molar-refractivity contribution in [3.8, 4) is 0 Å². The van der Waals surface area contributed by atoms with Crippen LogP contribution in [0.2, 0.25) is 0 Å². The third-order valence-corrected chi connectivity index (χ3v) is 3.15. The minimum atomic E-state index is -0.204. The summed E-state index contributed by atoms with van der Waals surface area (Å²) in [6.45, 7) is 6.41. The highest BCUT2D eigenvalue weighted by molar-refractivity contribution is 5.03. The molecule has 1 aromatic rings. The highest BCUT2D eigenvalue weighted by Crippen LogP contribution is 2.18. The molecule has 1 rings (SSSR count). The molecular weight excluding hydrogens is 188 g/mol. The highest BCUT2D eigenvalue weighted by atomic mass is 16.3. The Morgan fingerprint density at radius 3 is 2.53 bits per heavy atom. The average molecular weight is 210 g/mol. The van der Waals surface area contributed by atoms with Crippen LogP contribution in [0.15, 0.2) is 12.4 Å². The van der Waals surface area contributed by atoms with Crippen molar-refractivity contribution in [1.29, 1.82) is 0 Å². The molecule has 1 aromatic heterocycles. The Labute approximate surface area is 92.1 Å². The van der Waals surface area contributed by atoms with Gasteiger partial charge in [-0.25, -0.2) is 0 Å². The van der Waals surface area contributed by atoms with E-state index in [1.165, 1.54) is 5.56 Å². The number of aliphatic hydroxyl groups excluding tert-OH is 1. The normalized spacial score (nSPS) is 15.6. The number of rotatable bonds is 5. The fraction of sp³-hybridized carbons (Fsp3) is 0.750. The predicted molar refractivity (Wildman–Crippen MR) is 61.5 cm³/mol. The van der Waals surface area contributed by atoms with E-state index in [0.717, 1.165) is 12.8 Å². The largest absolute Gasteiger partial charge is 0.393 e. The van der Waals surface area contributed by atoms with Crippen LogP contribution in [-0.2, 0) is 13.5 Å². The first-order valence-electron chi connectivity index (χ1n) is 5.66. The number of aliphatic hydroxyl groups is 1. The van der Waals surface area contributed by atoms with Crippen molar-refractivity contribution in [2.45, 2.75) is 39.7 Å². The van der Waals surface area contributed by atoms with Gasteiger partial charge in [0.15, 0.2) is 0 Å². The zero-order valence-corrected chi connectivity index (χ0v) is 10.1. The van der Waals surface area contributed by atoms with Crippen LogP contribution in [-0.4, -0.2) is 21.0 Å². The summed E-state index contributed by atoms with van der Waals surface area (Å²) in [5.74, 6) is 0.899. The van der Waals surface area contributed by atoms with Gasteiger partial charge in [-0.1, -0.05) is 20.8 Å². The van der Waals surface area contributed by atoms with Crippen molar-refractivity contribution in [3.63, 3.8) is 0 Å². The van der Waals surface area contributed by atoms with E-state index in [9.17, 15) is 5.11 Å². The standard InChI is InChI=1S/C12H22N2O/c1-9(2)10(3)12(15)6-5-11-7-13-14(4)8-11/h7-10,12,15H,5-6H2,1-4H3. The smallest absolute Gasteiger partial charge is 0.0571 e. The van der Waals surface area contributed by atoms with Crippen LogP contribution >= 0.6 is 0 Å². The highest BCUT2D eigenvalue weighted by Gasteiger charge is 2.17. The van der Waals surface area contributed by atoms with Crippen molar-refractivity contribution < 1.29 is 5.11 Å². The van der Waals surface area contributed by atoms with E-state index in [4.69, 9.17) is 0 Å². The Bertz CT molecular complexity index is 294. The molecule has 0 saturated carbocycles. The van der Waals surface area contributed by atoms with Crippen LogP contribution < -0.4 is 0 Å². The Morgan fingerprint density at radius 2 is 2.07 bits per heavy atom. The molecule has 0 aliphatic carbocycles. The third kappa shape index (κ3) is 3.67. The topological polar surface area (TPSA) is 38.1 Å². The fourth-order valence-electron chi connectivity index (χ4n) is 1.62. The summed E-state index contributed by atoms with van der Waals surface area (Å²) in [4.78, 5) is 0. The summed E-state index contributed by atoms with van der Waals surface area (Å²) in [6, 6.07) is 0. The maximum absolute atomic E-state index is 9.93. The maximum atomic E-state index is 9.93. The van der Waals surface area contributed by atoms with Crippen LogP contribution in [0.4, 0.5) is 0 Å². The molecule has 1 N–H and O–H groups in total. The SMILES string of the molecule is CC(C)C(C)C(O)CCc1cnn(C)c1. The molecule has 0 radical (unpaired) electrons. The van der Waals surface area contributed by atoms with Gasteiger partial charge >= 0.3 is 0 Å². The van der Waals surface area contributed by atoms with Gasteiger partial charge in [0.2, 0.25) is 0 Å². The molecule has 2 atom stereocenters. The fourth-order valence-corrected chi connectivity index (χ4v) is 1.62. The van der Waals surface area contributed by atoms with E-state index < -0.39 is 0 Å². The summed E-state index contributed by atoms with van der Waals surface area (Å²) < 4.78 is 1.80. The van der Waals surface area contributed by atoms with Crippen LogP contribution in [0, 0.1) is 11.8 Å². The van der Waals surface area contributed by atoms with Crippen LogP contribution in [0.25, 0.3) is 0 Å². The van der Waals surface area contributed by atoms with E-state index in [2.05, 4.69) is 25.9 Å². The molecule has 0 bridgehead atoms. The van der Waals surface area contributed by atoms with Crippen molar-refractivity contribution in [2.24, 2.45) is 18.9 Å². The number of aryl methyl sites for hydroxylation is 2. The Kier molecular flexibility index (Phi) is 4.33. The lowest BCUT2D eigenvalue weighted by atomic mass is 9.89. The molecule has 0 aliphatic heterocycles. The van der Waals surface area contributed by atoms with Gasteiger partial charge in [0.05, 0.1) is 12.3 Å². The van der Waals surface area contributed by atoms with E-state index in [-0.39, 0.29) is 6.10 Å². The van der Waals surface area contributed by atoms with Gasteiger partial charge in [-0.2, -0.15) is 5.10 Å². The number of nitrogens with zero attached hydrogens (tertiary/aromatic N) is 2. The molecule has 0 spiro atoms. The summed E-state index contributed by atoms with van der Waals surface area (Å²) in [5, 5.41) is 14.0. The predicted octanol–water partition coefficient (Wildman–Crippen LogP) is 2.01. The summed E-state index contributed by atoms with van der Waals surface area (Å²) in [5.41, 5.74) is 1.20. The van der Waals surface area contributed by atoms with Gasteiger partial charge in [0, 0.05) is 13.2 Å². The first-order valence-corrected chi connectivity index (χ1v) is 5.66. The molecule has 0 saturated heterocycles. The van der Waals surface area contributed by atoms with E-state index in [1.54, 1.807) is 4.68 Å². The lowest BCUT2D eigenvalue weighted by Crippen LogP contribution is -2.22. The molecule has 3 heteroatoms. The Balaban J connectivity index is 2.37. The van der Waals surface area contributed by atoms with Crippen molar-refractivity contribution in [2.75, 3.05) is 0 Å². The number of hydrogen-bond acceptors (Lipinski definition) is 2. The quantitative estimate of drug-likeness (QED) is 0.807. The third-order valence-electron chi connectivity index (χ3n) is 3.15. The average Bonchev–Trinajstić information content (AvgIpc) is 2.59. The second-order valence-electron chi connectivity index (χ2n) is 4.73.